The van der Waals surface area contributed by atoms with Crippen LogP contribution in [0.2, 0.25) is 0 Å². The molecule has 5 heterocycles. The molecule has 8 rings (SSSR count). The lowest BCUT2D eigenvalue weighted by molar-refractivity contribution is 0.663. The Morgan fingerprint density at radius 1 is 0.677 bits per heavy atom. The lowest BCUT2D eigenvalue weighted by Crippen LogP contribution is -1.91. The summed E-state index contributed by atoms with van der Waals surface area (Å²) in [5.41, 5.74) is 5.36. The largest absolute Gasteiger partial charge is 0.456 e. The molecule has 0 unspecified atom stereocenters. The van der Waals surface area contributed by atoms with Crippen molar-refractivity contribution in [1.29, 1.82) is 0 Å². The molecule has 0 aliphatic rings. The quantitative estimate of drug-likeness (QED) is 0.262. The number of hydrogen-bond acceptors (Lipinski definition) is 4. The summed E-state index contributed by atoms with van der Waals surface area (Å²) in [6.45, 7) is 0. The summed E-state index contributed by atoms with van der Waals surface area (Å²) in [5.74, 6) is 0. The van der Waals surface area contributed by atoms with Crippen LogP contribution in [0.15, 0.2) is 88.2 Å². The molecule has 5 heteroatoms. The van der Waals surface area contributed by atoms with E-state index in [0.29, 0.717) is 0 Å². The molecule has 0 saturated carbocycles. The van der Waals surface area contributed by atoms with Crippen LogP contribution in [0.5, 0.6) is 0 Å². The third-order valence-corrected chi connectivity index (χ3v) is 6.35. The van der Waals surface area contributed by atoms with Gasteiger partial charge in [0.1, 0.15) is 28.0 Å². The lowest BCUT2D eigenvalue weighted by Gasteiger charge is -2.07. The molecule has 5 nitrogen and oxygen atoms in total. The Labute approximate surface area is 174 Å². The smallest absolute Gasteiger partial charge is 0.147 e. The number of nitrogens with zero attached hydrogens (tertiary/aromatic N) is 3. The Morgan fingerprint density at radius 2 is 1.65 bits per heavy atom. The van der Waals surface area contributed by atoms with Gasteiger partial charge in [-0.05, 0) is 35.7 Å². The highest BCUT2D eigenvalue weighted by atomic mass is 16.3. The van der Waals surface area contributed by atoms with Crippen molar-refractivity contribution >= 4 is 71.2 Å². The highest BCUT2D eigenvalue weighted by molar-refractivity contribution is 6.24. The van der Waals surface area contributed by atoms with E-state index in [4.69, 9.17) is 8.83 Å². The van der Waals surface area contributed by atoms with Gasteiger partial charge in [-0.15, -0.1) is 0 Å². The summed E-state index contributed by atoms with van der Waals surface area (Å²) in [4.78, 5) is 8.89. The number of imidazole rings is 1. The average molecular weight is 399 g/mol. The van der Waals surface area contributed by atoms with E-state index in [9.17, 15) is 0 Å². The van der Waals surface area contributed by atoms with Crippen LogP contribution in [0.4, 0.5) is 0 Å². The highest BCUT2D eigenvalue weighted by Crippen LogP contribution is 2.41. The summed E-state index contributed by atoms with van der Waals surface area (Å²) in [6, 6.07) is 18.6. The number of pyridine rings is 2. The maximum atomic E-state index is 6.30. The maximum absolute atomic E-state index is 6.30. The molecule has 144 valence electrons. The van der Waals surface area contributed by atoms with Crippen LogP contribution in [-0.4, -0.2) is 14.4 Å². The van der Waals surface area contributed by atoms with E-state index in [-0.39, 0.29) is 0 Å². The van der Waals surface area contributed by atoms with Gasteiger partial charge in [0.25, 0.3) is 0 Å². The number of hydrogen-bond donors (Lipinski definition) is 0. The van der Waals surface area contributed by atoms with Crippen LogP contribution in [0.3, 0.4) is 0 Å². The van der Waals surface area contributed by atoms with E-state index in [2.05, 4.69) is 44.7 Å². The van der Waals surface area contributed by atoms with Crippen molar-refractivity contribution in [1.82, 2.24) is 14.4 Å². The van der Waals surface area contributed by atoms with Gasteiger partial charge in [0.15, 0.2) is 0 Å². The molecule has 0 saturated heterocycles. The molecule has 0 aliphatic heterocycles. The predicted octanol–water partition coefficient (Wildman–Crippen LogP) is 6.83. The summed E-state index contributed by atoms with van der Waals surface area (Å²) in [5, 5.41) is 7.56. The van der Waals surface area contributed by atoms with Crippen molar-refractivity contribution in [2.75, 3.05) is 0 Å². The van der Waals surface area contributed by atoms with E-state index in [1.807, 2.05) is 49.1 Å². The second-order valence-electron chi connectivity index (χ2n) is 7.92. The number of aromatic nitrogens is 3. The summed E-state index contributed by atoms with van der Waals surface area (Å²) in [7, 11) is 0. The fourth-order valence-electron chi connectivity index (χ4n) is 5.00. The summed E-state index contributed by atoms with van der Waals surface area (Å²) < 4.78 is 14.7. The Morgan fingerprint density at radius 3 is 2.65 bits per heavy atom. The van der Waals surface area contributed by atoms with Gasteiger partial charge in [-0.1, -0.05) is 18.2 Å². The topological polar surface area (TPSA) is 56.5 Å². The molecule has 0 aliphatic carbocycles. The molecule has 5 aromatic heterocycles. The van der Waals surface area contributed by atoms with Gasteiger partial charge in [-0.25, -0.2) is 4.98 Å². The maximum Gasteiger partial charge on any atom is 0.147 e. The molecular weight excluding hydrogens is 386 g/mol. The molecule has 0 N–H and O–H groups in total. The monoisotopic (exact) mass is 399 g/mol. The van der Waals surface area contributed by atoms with Gasteiger partial charge in [-0.2, -0.15) is 0 Å². The number of rotatable bonds is 0. The molecular formula is C26H13N3O2. The zero-order chi connectivity index (χ0) is 20.1. The van der Waals surface area contributed by atoms with Crippen LogP contribution in [-0.2, 0) is 0 Å². The zero-order valence-electron chi connectivity index (χ0n) is 16.2. The Hall–Kier alpha value is -4.38. The fourth-order valence-corrected chi connectivity index (χ4v) is 5.00. The molecule has 0 amide bonds. The SMILES string of the molecule is c1ccc2c(c1)oc1c2ccc2oc3cc4c(cc3c21)c1ccncc1c1nccn41. The van der Waals surface area contributed by atoms with Crippen molar-refractivity contribution in [3.8, 4) is 0 Å². The molecule has 0 bridgehead atoms. The zero-order valence-corrected chi connectivity index (χ0v) is 16.2. The van der Waals surface area contributed by atoms with E-state index >= 15 is 0 Å². The van der Waals surface area contributed by atoms with E-state index in [0.717, 1.165) is 71.2 Å². The van der Waals surface area contributed by atoms with E-state index in [1.54, 1.807) is 0 Å². The minimum absolute atomic E-state index is 0.824. The van der Waals surface area contributed by atoms with Gasteiger partial charge >= 0.3 is 0 Å². The van der Waals surface area contributed by atoms with Crippen LogP contribution < -0.4 is 0 Å². The van der Waals surface area contributed by atoms with E-state index < -0.39 is 0 Å². The van der Waals surface area contributed by atoms with Crippen LogP contribution >= 0.6 is 0 Å². The second kappa shape index (κ2) is 5.21. The van der Waals surface area contributed by atoms with Gasteiger partial charge in [0.2, 0.25) is 0 Å². The third-order valence-electron chi connectivity index (χ3n) is 6.35. The Balaban J connectivity index is 1.65. The van der Waals surface area contributed by atoms with Crippen LogP contribution in [0, 0.1) is 0 Å². The number of benzene rings is 3. The number of para-hydroxylation sites is 1. The molecule has 0 fully saturated rings. The van der Waals surface area contributed by atoms with Crippen LogP contribution in [0.1, 0.15) is 0 Å². The van der Waals surface area contributed by atoms with Crippen molar-refractivity contribution in [3.63, 3.8) is 0 Å². The molecule has 0 spiro atoms. The van der Waals surface area contributed by atoms with Crippen molar-refractivity contribution < 1.29 is 8.83 Å². The normalized spacial score (nSPS) is 12.5. The Kier molecular flexibility index (Phi) is 2.60. The first kappa shape index (κ1) is 15.5. The van der Waals surface area contributed by atoms with Gasteiger partial charge in [0.05, 0.1) is 10.9 Å². The first-order valence-electron chi connectivity index (χ1n) is 10.2. The molecule has 31 heavy (non-hydrogen) atoms. The van der Waals surface area contributed by atoms with Crippen LogP contribution in [0.25, 0.3) is 71.2 Å². The first-order valence-corrected chi connectivity index (χ1v) is 10.2. The van der Waals surface area contributed by atoms with Gasteiger partial charge < -0.3 is 8.83 Å². The number of fused-ring (bicyclic) bond motifs is 13. The van der Waals surface area contributed by atoms with E-state index in [1.165, 1.54) is 0 Å². The van der Waals surface area contributed by atoms with Gasteiger partial charge in [0, 0.05) is 57.8 Å². The van der Waals surface area contributed by atoms with Crippen molar-refractivity contribution in [2.45, 2.75) is 0 Å². The minimum atomic E-state index is 0.824. The minimum Gasteiger partial charge on any atom is -0.456 e. The second-order valence-corrected chi connectivity index (χ2v) is 7.92. The predicted molar refractivity (Wildman–Crippen MR) is 123 cm³/mol. The fraction of sp³-hybridized carbons (Fsp3) is 0. The van der Waals surface area contributed by atoms with Crippen molar-refractivity contribution in [3.05, 3.63) is 79.4 Å². The Bertz CT molecular complexity index is 2010. The highest BCUT2D eigenvalue weighted by Gasteiger charge is 2.18. The first-order chi connectivity index (χ1) is 15.4. The van der Waals surface area contributed by atoms with Crippen molar-refractivity contribution in [2.24, 2.45) is 0 Å². The standard InChI is InChI=1S/C26H13N3O2/c1-2-4-21-15(3-1)16-5-6-22-24(25(16)31-21)18-11-17-14-7-8-27-13-19(14)26-28-9-10-29(26)20(17)12-23(18)30-22/h1-13H. The molecule has 3 aromatic carbocycles. The molecule has 0 atom stereocenters. The summed E-state index contributed by atoms with van der Waals surface area (Å²) in [6.07, 6.45) is 7.51. The number of furan rings is 2. The lowest BCUT2D eigenvalue weighted by atomic mass is 10.0. The summed E-state index contributed by atoms with van der Waals surface area (Å²) >= 11 is 0. The third kappa shape index (κ3) is 1.82. The molecule has 0 radical (unpaired) electrons. The average Bonchev–Trinajstić information content (AvgIpc) is 3.52. The molecule has 8 aromatic rings. The van der Waals surface area contributed by atoms with Gasteiger partial charge in [-0.3, -0.25) is 9.38 Å².